The van der Waals surface area contributed by atoms with Crippen molar-refractivity contribution in [3.63, 3.8) is 0 Å². The third-order valence-electron chi connectivity index (χ3n) is 7.36. The van der Waals surface area contributed by atoms with E-state index in [1.165, 1.54) is 15.9 Å². The van der Waals surface area contributed by atoms with Crippen LogP contribution < -0.4 is 32.9 Å². The van der Waals surface area contributed by atoms with Crippen molar-refractivity contribution in [1.82, 2.24) is 9.80 Å². The molecule has 37 heavy (non-hydrogen) atoms. The van der Waals surface area contributed by atoms with Crippen molar-refractivity contribution in [2.24, 2.45) is 0 Å². The molecule has 2 atom stereocenters. The van der Waals surface area contributed by atoms with Crippen LogP contribution in [-0.4, -0.2) is 59.7 Å². The second kappa shape index (κ2) is 12.1. The van der Waals surface area contributed by atoms with Gasteiger partial charge in [0, 0.05) is 26.1 Å². The molecular formula is C30H32BrN2O3P. The molecule has 0 saturated carbocycles. The quantitative estimate of drug-likeness (QED) is 0.310. The molecule has 2 heterocycles. The summed E-state index contributed by atoms with van der Waals surface area (Å²) in [5.74, 6) is 0.200. The van der Waals surface area contributed by atoms with Crippen molar-refractivity contribution in [2.45, 2.75) is 24.5 Å². The first-order valence-corrected chi connectivity index (χ1v) is 14.4. The molecule has 3 aromatic rings. The summed E-state index contributed by atoms with van der Waals surface area (Å²) in [6.07, 6.45) is 2.80. The molecule has 0 radical (unpaired) electrons. The normalized spacial score (nSPS) is 19.4. The van der Waals surface area contributed by atoms with Crippen LogP contribution in [0.15, 0.2) is 104 Å². The molecule has 0 bridgehead atoms. The van der Waals surface area contributed by atoms with Crippen LogP contribution in [0.5, 0.6) is 0 Å². The van der Waals surface area contributed by atoms with Gasteiger partial charge in [-0.1, -0.05) is 67.3 Å². The second-order valence-corrected chi connectivity index (χ2v) is 12.9. The van der Waals surface area contributed by atoms with Gasteiger partial charge in [0.15, 0.2) is 5.66 Å². The highest BCUT2D eigenvalue weighted by Crippen LogP contribution is 2.62. The Kier molecular flexibility index (Phi) is 8.83. The zero-order valence-corrected chi connectivity index (χ0v) is 23.3. The first kappa shape index (κ1) is 27.1. The van der Waals surface area contributed by atoms with E-state index in [2.05, 4.69) is 79.4 Å². The highest BCUT2D eigenvalue weighted by Gasteiger charge is 2.59. The number of ether oxygens (including phenoxy) is 1. The molecule has 7 heteroatoms. The number of benzene rings is 3. The number of hydrogen-bond donors (Lipinski definition) is 0. The van der Waals surface area contributed by atoms with E-state index in [-0.39, 0.29) is 47.3 Å². The lowest BCUT2D eigenvalue weighted by molar-refractivity contribution is -0.129. The molecule has 3 aromatic carbocycles. The molecule has 2 aliphatic heterocycles. The Morgan fingerprint density at radius 2 is 1.38 bits per heavy atom. The maximum atomic E-state index is 14.3. The predicted octanol–water partition coefficient (Wildman–Crippen LogP) is 0.982. The summed E-state index contributed by atoms with van der Waals surface area (Å²) in [6, 6.07) is 31.8. The predicted molar refractivity (Wildman–Crippen MR) is 147 cm³/mol. The van der Waals surface area contributed by atoms with Crippen LogP contribution in [-0.2, 0) is 9.53 Å². The van der Waals surface area contributed by atoms with Gasteiger partial charge < -0.3 is 31.5 Å². The molecule has 0 N–H and O–H groups in total. The van der Waals surface area contributed by atoms with Crippen molar-refractivity contribution in [1.29, 1.82) is 0 Å². The fourth-order valence-electron chi connectivity index (χ4n) is 5.77. The van der Waals surface area contributed by atoms with Crippen LogP contribution >= 0.6 is 7.26 Å². The third-order valence-corrected chi connectivity index (χ3v) is 12.1. The van der Waals surface area contributed by atoms with Crippen LogP contribution in [0.2, 0.25) is 0 Å². The molecule has 2 aliphatic rings. The largest absolute Gasteiger partial charge is 1.00 e. The molecule has 0 aliphatic carbocycles. The summed E-state index contributed by atoms with van der Waals surface area (Å²) >= 11 is 0. The summed E-state index contributed by atoms with van der Waals surface area (Å²) in [4.78, 5) is 30.4. The van der Waals surface area contributed by atoms with Crippen LogP contribution in [0.4, 0.5) is 4.79 Å². The zero-order valence-electron chi connectivity index (χ0n) is 20.8. The van der Waals surface area contributed by atoms with Gasteiger partial charge in [-0.05, 0) is 42.8 Å². The standard InChI is InChI=1S/C30H32N2O3P.BrH/c1-2-22-35-30(34)31-20-18-24(23-31)32-21-19-28(29(32)33)36(25-12-6-3-7-13-25,26-14-8-4-9-15-26)27-16-10-5-11-17-27;/h2-17,24,28H,1,18-23H2;1H/q+1;/p-1/t24?,28-;/m1./s1. The number of nitrogens with zero attached hydrogens (tertiary/aromatic N) is 2. The Morgan fingerprint density at radius 3 is 1.86 bits per heavy atom. The van der Waals surface area contributed by atoms with E-state index in [0.717, 1.165) is 12.8 Å². The van der Waals surface area contributed by atoms with E-state index in [0.29, 0.717) is 19.6 Å². The van der Waals surface area contributed by atoms with Gasteiger partial charge in [-0.2, -0.15) is 0 Å². The molecule has 2 saturated heterocycles. The smallest absolute Gasteiger partial charge is 0.410 e. The minimum Gasteiger partial charge on any atom is -1.00 e. The summed E-state index contributed by atoms with van der Waals surface area (Å²) in [5.41, 5.74) is -0.147. The van der Waals surface area contributed by atoms with Crippen molar-refractivity contribution < 1.29 is 31.3 Å². The molecular weight excluding hydrogens is 547 g/mol. The van der Waals surface area contributed by atoms with Gasteiger partial charge in [-0.15, -0.1) is 0 Å². The van der Waals surface area contributed by atoms with Crippen LogP contribution in [0, 0.1) is 0 Å². The van der Waals surface area contributed by atoms with Crippen molar-refractivity contribution >= 4 is 35.2 Å². The Bertz CT molecular complexity index is 1110. The van der Waals surface area contributed by atoms with Gasteiger partial charge in [0.2, 0.25) is 0 Å². The van der Waals surface area contributed by atoms with E-state index >= 15 is 0 Å². The number of carbonyl (C=O) groups is 2. The van der Waals surface area contributed by atoms with E-state index in [1.807, 2.05) is 23.1 Å². The average molecular weight is 579 g/mol. The average Bonchev–Trinajstić information content (AvgIpc) is 3.57. The maximum Gasteiger partial charge on any atom is 0.410 e. The molecule has 2 fully saturated rings. The first-order valence-electron chi connectivity index (χ1n) is 12.5. The lowest BCUT2D eigenvalue weighted by Gasteiger charge is -2.32. The molecule has 192 valence electrons. The summed E-state index contributed by atoms with van der Waals surface area (Å²) in [5, 5.41) is 3.68. The maximum absolute atomic E-state index is 14.3. The third kappa shape index (κ3) is 5.10. The van der Waals surface area contributed by atoms with Gasteiger partial charge in [-0.3, -0.25) is 4.79 Å². The summed E-state index contributed by atoms with van der Waals surface area (Å²) in [7, 11) is -2.29. The molecule has 5 nitrogen and oxygen atoms in total. The Labute approximate surface area is 230 Å². The van der Waals surface area contributed by atoms with Gasteiger partial charge in [0.05, 0.1) is 6.04 Å². The minimum absolute atomic E-state index is 0. The first-order chi connectivity index (χ1) is 17.7. The second-order valence-electron chi connectivity index (χ2n) is 9.32. The van der Waals surface area contributed by atoms with Crippen molar-refractivity contribution in [2.75, 3.05) is 26.2 Å². The molecule has 0 spiro atoms. The summed E-state index contributed by atoms with van der Waals surface area (Å²) in [6.45, 7) is 5.63. The fraction of sp³-hybridized carbons (Fsp3) is 0.267. The number of rotatable bonds is 7. The van der Waals surface area contributed by atoms with E-state index in [1.54, 1.807) is 11.0 Å². The Balaban J connectivity index is 0.00000320. The van der Waals surface area contributed by atoms with E-state index in [9.17, 15) is 9.59 Å². The lowest BCUT2D eigenvalue weighted by atomic mass is 10.2. The van der Waals surface area contributed by atoms with Gasteiger partial charge in [-0.25, -0.2) is 4.79 Å². The van der Waals surface area contributed by atoms with E-state index < -0.39 is 7.26 Å². The van der Waals surface area contributed by atoms with Crippen LogP contribution in [0.25, 0.3) is 0 Å². The Hall–Kier alpha value is -2.95. The number of amides is 2. The molecule has 2 amide bonds. The minimum atomic E-state index is -2.29. The van der Waals surface area contributed by atoms with Crippen LogP contribution in [0.1, 0.15) is 12.8 Å². The van der Waals surface area contributed by atoms with E-state index in [4.69, 9.17) is 4.74 Å². The number of likely N-dealkylation sites (tertiary alicyclic amines) is 2. The number of hydrogen-bond acceptors (Lipinski definition) is 3. The topological polar surface area (TPSA) is 49.9 Å². The zero-order chi connectivity index (χ0) is 25.0. The monoisotopic (exact) mass is 578 g/mol. The molecule has 5 rings (SSSR count). The van der Waals surface area contributed by atoms with Crippen molar-refractivity contribution in [3.05, 3.63) is 104 Å². The fourth-order valence-corrected chi connectivity index (χ4v) is 10.7. The number of carbonyl (C=O) groups excluding carboxylic acids is 2. The van der Waals surface area contributed by atoms with Gasteiger partial charge in [0.1, 0.15) is 29.8 Å². The van der Waals surface area contributed by atoms with Gasteiger partial charge in [0.25, 0.3) is 5.91 Å². The SMILES string of the molecule is C=CCOC(=O)N1CCC(N2CC[C@@H]([P+](c3ccccc3)(c3ccccc3)c3ccccc3)C2=O)C1.[Br-]. The highest BCUT2D eigenvalue weighted by atomic mass is 79.9. The highest BCUT2D eigenvalue weighted by molar-refractivity contribution is 7.96. The molecule has 1 unspecified atom stereocenters. The van der Waals surface area contributed by atoms with Crippen molar-refractivity contribution in [3.8, 4) is 0 Å². The number of halogens is 1. The van der Waals surface area contributed by atoms with Gasteiger partial charge >= 0.3 is 6.09 Å². The van der Waals surface area contributed by atoms with Crippen LogP contribution in [0.3, 0.4) is 0 Å². The lowest BCUT2D eigenvalue weighted by Crippen LogP contribution is -3.00. The summed E-state index contributed by atoms with van der Waals surface area (Å²) < 4.78 is 5.23. The Morgan fingerprint density at radius 1 is 0.865 bits per heavy atom. The molecule has 0 aromatic heterocycles.